The summed E-state index contributed by atoms with van der Waals surface area (Å²) in [7, 11) is -3.52. The first-order chi connectivity index (χ1) is 8.99. The summed E-state index contributed by atoms with van der Waals surface area (Å²) < 4.78 is 33.5. The van der Waals surface area contributed by atoms with E-state index in [9.17, 15) is 13.2 Å². The average molecular weight is 292 g/mol. The molecule has 0 radical (unpaired) electrons. The quantitative estimate of drug-likeness (QED) is 0.748. The van der Waals surface area contributed by atoms with Gasteiger partial charge in [0.25, 0.3) is 10.2 Å². The number of carboxylic acid groups (broad SMARTS) is 1. The van der Waals surface area contributed by atoms with Crippen molar-refractivity contribution in [2.45, 2.75) is 31.7 Å². The van der Waals surface area contributed by atoms with Gasteiger partial charge in [-0.2, -0.15) is 17.4 Å². The van der Waals surface area contributed by atoms with Crippen LogP contribution in [0.1, 0.15) is 25.7 Å². The van der Waals surface area contributed by atoms with E-state index < -0.39 is 22.1 Å². The highest BCUT2D eigenvalue weighted by atomic mass is 32.2. The molecule has 2 N–H and O–H groups in total. The fraction of sp³-hybridized carbons (Fsp3) is 0.909. The van der Waals surface area contributed by atoms with Crippen molar-refractivity contribution < 1.29 is 23.1 Å². The van der Waals surface area contributed by atoms with E-state index in [-0.39, 0.29) is 19.1 Å². The van der Waals surface area contributed by atoms with Crippen LogP contribution in [0.5, 0.6) is 0 Å². The Kier molecular flexibility index (Phi) is 4.77. The van der Waals surface area contributed by atoms with Gasteiger partial charge in [0.15, 0.2) is 0 Å². The second-order valence-corrected chi connectivity index (χ2v) is 6.75. The molecule has 1 unspecified atom stereocenters. The zero-order chi connectivity index (χ0) is 13.9. The number of hydrogen-bond acceptors (Lipinski definition) is 4. The Labute approximate surface area is 113 Å². The molecule has 0 aromatic carbocycles. The van der Waals surface area contributed by atoms with Crippen molar-refractivity contribution in [3.8, 4) is 0 Å². The van der Waals surface area contributed by atoms with Crippen LogP contribution in [0.25, 0.3) is 0 Å². The summed E-state index contributed by atoms with van der Waals surface area (Å²) in [5, 5.41) is 8.89. The number of hydrogen-bond donors (Lipinski definition) is 2. The van der Waals surface area contributed by atoms with Gasteiger partial charge in [-0.1, -0.05) is 0 Å². The van der Waals surface area contributed by atoms with Crippen LogP contribution in [0.4, 0.5) is 0 Å². The van der Waals surface area contributed by atoms with Crippen molar-refractivity contribution in [3.05, 3.63) is 0 Å². The lowest BCUT2D eigenvalue weighted by Gasteiger charge is -2.31. The molecule has 2 aliphatic heterocycles. The number of carbonyl (C=O) groups is 1. The first kappa shape index (κ1) is 14.7. The van der Waals surface area contributed by atoms with Gasteiger partial charge in [0.05, 0.1) is 12.5 Å². The zero-order valence-corrected chi connectivity index (χ0v) is 11.6. The fourth-order valence-electron chi connectivity index (χ4n) is 2.46. The molecule has 2 heterocycles. The minimum Gasteiger partial charge on any atom is -0.481 e. The molecule has 2 saturated heterocycles. The van der Waals surface area contributed by atoms with E-state index in [0.29, 0.717) is 26.1 Å². The first-order valence-corrected chi connectivity index (χ1v) is 8.01. The molecule has 0 aromatic heterocycles. The molecule has 0 bridgehead atoms. The summed E-state index contributed by atoms with van der Waals surface area (Å²) in [5.74, 6) is -1.27. The van der Waals surface area contributed by atoms with Gasteiger partial charge in [-0.05, 0) is 25.7 Å². The van der Waals surface area contributed by atoms with Crippen LogP contribution in [0, 0.1) is 5.92 Å². The summed E-state index contributed by atoms with van der Waals surface area (Å²) in [6.45, 7) is 1.62. The summed E-state index contributed by atoms with van der Waals surface area (Å²) in [6, 6.07) is -0.170. The van der Waals surface area contributed by atoms with Crippen LogP contribution in [-0.2, 0) is 19.7 Å². The van der Waals surface area contributed by atoms with Crippen LogP contribution in [0.3, 0.4) is 0 Å². The topological polar surface area (TPSA) is 95.9 Å². The third-order valence-electron chi connectivity index (χ3n) is 3.62. The number of piperidine rings is 1. The standard InChI is InChI=1S/C11H20N2O5S/c14-11(15)9-3-5-13(6-4-9)19(16,17)12-10-2-1-7-18-8-10/h9-10,12H,1-8H2,(H,14,15). The maximum atomic E-state index is 12.1. The Hall–Kier alpha value is -0.700. The predicted octanol–water partition coefficient (Wildman–Crippen LogP) is -0.204. The van der Waals surface area contributed by atoms with Crippen molar-refractivity contribution in [1.82, 2.24) is 9.03 Å². The number of nitrogens with zero attached hydrogens (tertiary/aromatic N) is 1. The molecule has 19 heavy (non-hydrogen) atoms. The second-order valence-electron chi connectivity index (χ2n) is 5.05. The first-order valence-electron chi connectivity index (χ1n) is 6.57. The minimum atomic E-state index is -3.52. The van der Waals surface area contributed by atoms with Crippen molar-refractivity contribution in [2.24, 2.45) is 5.92 Å². The van der Waals surface area contributed by atoms with Crippen molar-refractivity contribution in [2.75, 3.05) is 26.3 Å². The van der Waals surface area contributed by atoms with Crippen molar-refractivity contribution in [1.29, 1.82) is 0 Å². The van der Waals surface area contributed by atoms with E-state index in [1.807, 2.05) is 0 Å². The lowest BCUT2D eigenvalue weighted by Crippen LogP contribution is -2.50. The van der Waals surface area contributed by atoms with Crippen LogP contribution in [0.15, 0.2) is 0 Å². The van der Waals surface area contributed by atoms with Crippen molar-refractivity contribution in [3.63, 3.8) is 0 Å². The summed E-state index contributed by atoms with van der Waals surface area (Å²) >= 11 is 0. The van der Waals surface area contributed by atoms with Gasteiger partial charge in [0.2, 0.25) is 0 Å². The van der Waals surface area contributed by atoms with Gasteiger partial charge in [-0.15, -0.1) is 0 Å². The molecule has 110 valence electrons. The Bertz CT molecular complexity index is 411. The fourth-order valence-corrected chi connectivity index (χ4v) is 3.91. The van der Waals surface area contributed by atoms with Gasteiger partial charge < -0.3 is 9.84 Å². The van der Waals surface area contributed by atoms with Crippen LogP contribution in [0.2, 0.25) is 0 Å². The lowest BCUT2D eigenvalue weighted by atomic mass is 9.99. The lowest BCUT2D eigenvalue weighted by molar-refractivity contribution is -0.142. The summed E-state index contributed by atoms with van der Waals surface area (Å²) in [5.41, 5.74) is 0. The van der Waals surface area contributed by atoms with Gasteiger partial charge in [-0.25, -0.2) is 0 Å². The Morgan fingerprint density at radius 2 is 1.95 bits per heavy atom. The summed E-state index contributed by atoms with van der Waals surface area (Å²) in [6.07, 6.45) is 2.38. The largest absolute Gasteiger partial charge is 0.481 e. The van der Waals surface area contributed by atoms with Crippen molar-refractivity contribution >= 4 is 16.2 Å². The third-order valence-corrected chi connectivity index (χ3v) is 5.30. The number of rotatable bonds is 4. The summed E-state index contributed by atoms with van der Waals surface area (Å²) in [4.78, 5) is 10.8. The van der Waals surface area contributed by atoms with Crippen LogP contribution >= 0.6 is 0 Å². The highest BCUT2D eigenvalue weighted by Crippen LogP contribution is 2.19. The third kappa shape index (κ3) is 3.88. The molecule has 2 rings (SSSR count). The van der Waals surface area contributed by atoms with Gasteiger partial charge >= 0.3 is 5.97 Å². The Morgan fingerprint density at radius 3 is 2.47 bits per heavy atom. The van der Waals surface area contributed by atoms with E-state index in [2.05, 4.69) is 4.72 Å². The van der Waals surface area contributed by atoms with Crippen LogP contribution in [-0.4, -0.2) is 56.1 Å². The maximum absolute atomic E-state index is 12.1. The predicted molar refractivity (Wildman–Crippen MR) is 67.8 cm³/mol. The SMILES string of the molecule is O=C(O)C1CCN(S(=O)(=O)NC2CCCOC2)CC1. The number of carboxylic acids is 1. The molecule has 8 heteroatoms. The molecular formula is C11H20N2O5S. The number of nitrogens with one attached hydrogen (secondary N) is 1. The normalized spacial score (nSPS) is 27.3. The molecule has 1 atom stereocenters. The van der Waals surface area contributed by atoms with Gasteiger partial charge in [-0.3, -0.25) is 4.79 Å². The van der Waals surface area contributed by atoms with Crippen LogP contribution < -0.4 is 4.72 Å². The van der Waals surface area contributed by atoms with E-state index in [1.54, 1.807) is 0 Å². The Morgan fingerprint density at radius 1 is 1.26 bits per heavy atom. The average Bonchev–Trinajstić information content (AvgIpc) is 2.39. The number of aliphatic carboxylic acids is 1. The monoisotopic (exact) mass is 292 g/mol. The molecule has 2 aliphatic rings. The van der Waals surface area contributed by atoms with Gasteiger partial charge in [0.1, 0.15) is 0 Å². The molecule has 0 spiro atoms. The van der Waals surface area contributed by atoms with Gasteiger partial charge in [0, 0.05) is 25.7 Å². The highest BCUT2D eigenvalue weighted by molar-refractivity contribution is 7.87. The van der Waals surface area contributed by atoms with E-state index in [0.717, 1.165) is 12.8 Å². The zero-order valence-electron chi connectivity index (χ0n) is 10.7. The Balaban J connectivity index is 1.88. The molecule has 0 aromatic rings. The second kappa shape index (κ2) is 6.17. The molecule has 0 saturated carbocycles. The molecular weight excluding hydrogens is 272 g/mol. The molecule has 0 amide bonds. The maximum Gasteiger partial charge on any atom is 0.306 e. The highest BCUT2D eigenvalue weighted by Gasteiger charge is 2.32. The van der Waals surface area contributed by atoms with E-state index >= 15 is 0 Å². The van der Waals surface area contributed by atoms with E-state index in [1.165, 1.54) is 4.31 Å². The number of ether oxygens (including phenoxy) is 1. The minimum absolute atomic E-state index is 0.170. The molecule has 2 fully saturated rings. The molecule has 7 nitrogen and oxygen atoms in total. The van der Waals surface area contributed by atoms with E-state index in [4.69, 9.17) is 9.84 Å². The molecule has 0 aliphatic carbocycles. The smallest absolute Gasteiger partial charge is 0.306 e.